The molecule has 3 aromatic rings. The van der Waals surface area contributed by atoms with Crippen LogP contribution in [0.2, 0.25) is 0 Å². The molecule has 128 valence electrons. The Morgan fingerprint density at radius 3 is 2.56 bits per heavy atom. The number of aryl methyl sites for hydroxylation is 1. The normalized spacial score (nSPS) is 14.5. The largest absolute Gasteiger partial charge is 0.378 e. The van der Waals surface area contributed by atoms with Gasteiger partial charge in [-0.2, -0.15) is 4.98 Å². The van der Waals surface area contributed by atoms with Crippen molar-refractivity contribution in [2.24, 2.45) is 0 Å². The summed E-state index contributed by atoms with van der Waals surface area (Å²) in [7, 11) is 0. The summed E-state index contributed by atoms with van der Waals surface area (Å²) >= 11 is 0. The number of aromatic nitrogens is 3. The number of nitrogens with one attached hydrogen (secondary N) is 2. The van der Waals surface area contributed by atoms with Gasteiger partial charge in [-0.05, 0) is 36.8 Å². The van der Waals surface area contributed by atoms with Crippen molar-refractivity contribution in [3.8, 4) is 11.4 Å². The predicted molar refractivity (Wildman–Crippen MR) is 99.3 cm³/mol. The predicted octanol–water partition coefficient (Wildman–Crippen LogP) is 3.36. The van der Waals surface area contributed by atoms with Crippen molar-refractivity contribution in [2.75, 3.05) is 36.5 Å². The van der Waals surface area contributed by atoms with E-state index in [-0.39, 0.29) is 0 Å². The maximum Gasteiger partial charge on any atom is 0.246 e. The highest BCUT2D eigenvalue weighted by Gasteiger charge is 2.11. The summed E-state index contributed by atoms with van der Waals surface area (Å²) in [6, 6.07) is 16.5. The Labute approximate surface area is 146 Å². The molecule has 25 heavy (non-hydrogen) atoms. The number of anilines is 3. The third-order valence-corrected chi connectivity index (χ3v) is 4.39. The Balaban J connectivity index is 1.46. The van der Waals surface area contributed by atoms with Gasteiger partial charge in [0.25, 0.3) is 0 Å². The van der Waals surface area contributed by atoms with Crippen LogP contribution in [0.5, 0.6) is 0 Å². The van der Waals surface area contributed by atoms with Gasteiger partial charge in [0, 0.05) is 30.0 Å². The number of hydrogen-bond acceptors (Lipinski definition) is 5. The molecule has 0 aliphatic carbocycles. The van der Waals surface area contributed by atoms with Gasteiger partial charge in [-0.1, -0.05) is 24.3 Å². The molecule has 2 heterocycles. The van der Waals surface area contributed by atoms with Gasteiger partial charge in [-0.25, -0.2) is 0 Å². The summed E-state index contributed by atoms with van der Waals surface area (Å²) < 4.78 is 5.40. The first-order chi connectivity index (χ1) is 12.3. The zero-order valence-corrected chi connectivity index (χ0v) is 14.2. The topological polar surface area (TPSA) is 66.1 Å². The lowest BCUT2D eigenvalue weighted by Gasteiger charge is -2.28. The smallest absolute Gasteiger partial charge is 0.246 e. The number of aromatic amines is 1. The van der Waals surface area contributed by atoms with Crippen LogP contribution in [0.1, 0.15) is 5.56 Å². The lowest BCUT2D eigenvalue weighted by atomic mass is 10.1. The van der Waals surface area contributed by atoms with Gasteiger partial charge >= 0.3 is 0 Å². The zero-order chi connectivity index (χ0) is 17.1. The lowest BCUT2D eigenvalue weighted by molar-refractivity contribution is 0.122. The fourth-order valence-electron chi connectivity index (χ4n) is 2.98. The van der Waals surface area contributed by atoms with Gasteiger partial charge in [0.2, 0.25) is 5.95 Å². The molecular formula is C19H21N5O. The molecule has 0 bridgehead atoms. The third-order valence-electron chi connectivity index (χ3n) is 4.39. The van der Waals surface area contributed by atoms with E-state index in [1.807, 2.05) is 18.2 Å². The highest BCUT2D eigenvalue weighted by Crippen LogP contribution is 2.23. The van der Waals surface area contributed by atoms with E-state index < -0.39 is 0 Å². The quantitative estimate of drug-likeness (QED) is 0.765. The van der Waals surface area contributed by atoms with Crippen LogP contribution in [-0.4, -0.2) is 41.5 Å². The Bertz CT molecular complexity index is 837. The molecule has 2 N–H and O–H groups in total. The summed E-state index contributed by atoms with van der Waals surface area (Å²) in [5.41, 5.74) is 4.41. The molecule has 0 radical (unpaired) electrons. The van der Waals surface area contributed by atoms with Crippen LogP contribution < -0.4 is 10.2 Å². The summed E-state index contributed by atoms with van der Waals surface area (Å²) in [5, 5.41) is 10.5. The Hall–Kier alpha value is -2.86. The molecular weight excluding hydrogens is 314 g/mol. The molecule has 1 aliphatic heterocycles. The fraction of sp³-hybridized carbons (Fsp3) is 0.263. The van der Waals surface area contributed by atoms with E-state index >= 15 is 0 Å². The van der Waals surface area contributed by atoms with Crippen molar-refractivity contribution in [1.82, 2.24) is 15.2 Å². The van der Waals surface area contributed by atoms with Crippen LogP contribution in [0, 0.1) is 6.92 Å². The molecule has 0 saturated carbocycles. The summed E-state index contributed by atoms with van der Waals surface area (Å²) in [6.07, 6.45) is 0. The molecule has 0 unspecified atom stereocenters. The average Bonchev–Trinajstić information content (AvgIpc) is 3.12. The van der Waals surface area contributed by atoms with E-state index in [1.54, 1.807) is 0 Å². The van der Waals surface area contributed by atoms with Crippen molar-refractivity contribution >= 4 is 17.3 Å². The molecule has 1 saturated heterocycles. The van der Waals surface area contributed by atoms with Gasteiger partial charge in [-0.3, -0.25) is 5.10 Å². The van der Waals surface area contributed by atoms with Gasteiger partial charge in [0.15, 0.2) is 5.82 Å². The van der Waals surface area contributed by atoms with E-state index in [4.69, 9.17) is 4.74 Å². The highest BCUT2D eigenvalue weighted by atomic mass is 16.5. The first-order valence-electron chi connectivity index (χ1n) is 8.48. The van der Waals surface area contributed by atoms with Gasteiger partial charge < -0.3 is 15.0 Å². The molecule has 1 fully saturated rings. The standard InChI is InChI=1S/C19H21N5O/c1-14-4-2-3-5-17(14)18-21-19(23-22-18)20-15-6-8-16(9-7-15)24-10-12-25-13-11-24/h2-9H,10-13H2,1H3,(H2,20,21,22,23). The summed E-state index contributed by atoms with van der Waals surface area (Å²) in [5.74, 6) is 1.34. The Morgan fingerprint density at radius 1 is 1.04 bits per heavy atom. The minimum atomic E-state index is 0.567. The summed E-state index contributed by atoms with van der Waals surface area (Å²) in [6.45, 7) is 5.52. The third kappa shape index (κ3) is 3.49. The maximum absolute atomic E-state index is 5.40. The van der Waals surface area contributed by atoms with Crippen LogP contribution in [0.15, 0.2) is 48.5 Å². The molecule has 6 heteroatoms. The number of ether oxygens (including phenoxy) is 1. The monoisotopic (exact) mass is 335 g/mol. The second-order valence-corrected chi connectivity index (χ2v) is 6.09. The minimum absolute atomic E-state index is 0.567. The van der Waals surface area contributed by atoms with Crippen LogP contribution in [0.25, 0.3) is 11.4 Å². The molecule has 4 rings (SSSR count). The van der Waals surface area contributed by atoms with E-state index in [0.717, 1.165) is 43.4 Å². The van der Waals surface area contributed by atoms with Crippen molar-refractivity contribution in [1.29, 1.82) is 0 Å². The van der Waals surface area contributed by atoms with Gasteiger partial charge in [0.05, 0.1) is 13.2 Å². The van der Waals surface area contributed by atoms with E-state index in [0.29, 0.717) is 5.95 Å². The zero-order valence-electron chi connectivity index (χ0n) is 14.2. The molecule has 2 aromatic carbocycles. The van der Waals surface area contributed by atoms with Crippen LogP contribution in [-0.2, 0) is 4.74 Å². The molecule has 1 aromatic heterocycles. The summed E-state index contributed by atoms with van der Waals surface area (Å²) in [4.78, 5) is 6.87. The van der Waals surface area contributed by atoms with Crippen LogP contribution in [0.3, 0.4) is 0 Å². The number of rotatable bonds is 4. The lowest BCUT2D eigenvalue weighted by Crippen LogP contribution is -2.36. The first-order valence-corrected chi connectivity index (χ1v) is 8.48. The number of H-pyrrole nitrogens is 1. The van der Waals surface area contributed by atoms with Crippen LogP contribution in [0.4, 0.5) is 17.3 Å². The Morgan fingerprint density at radius 2 is 1.80 bits per heavy atom. The average molecular weight is 335 g/mol. The molecule has 0 amide bonds. The molecule has 1 aliphatic rings. The molecule has 6 nitrogen and oxygen atoms in total. The first kappa shape index (κ1) is 15.7. The van der Waals surface area contributed by atoms with E-state index in [9.17, 15) is 0 Å². The van der Waals surface area contributed by atoms with Gasteiger partial charge in [0.1, 0.15) is 0 Å². The second-order valence-electron chi connectivity index (χ2n) is 6.09. The van der Waals surface area contributed by atoms with Crippen LogP contribution >= 0.6 is 0 Å². The van der Waals surface area contributed by atoms with Crippen molar-refractivity contribution in [3.05, 3.63) is 54.1 Å². The SMILES string of the molecule is Cc1ccccc1-c1nc(Nc2ccc(N3CCOCC3)cc2)n[nH]1. The molecule has 0 spiro atoms. The number of morpholine rings is 1. The molecule has 0 atom stereocenters. The maximum atomic E-state index is 5.40. The second kappa shape index (κ2) is 6.94. The van der Waals surface area contributed by atoms with Gasteiger partial charge in [-0.15, -0.1) is 5.10 Å². The number of benzene rings is 2. The van der Waals surface area contributed by atoms with Crippen molar-refractivity contribution < 1.29 is 4.74 Å². The highest BCUT2D eigenvalue weighted by molar-refractivity contribution is 5.63. The number of nitrogens with zero attached hydrogens (tertiary/aromatic N) is 3. The van der Waals surface area contributed by atoms with Crippen molar-refractivity contribution in [2.45, 2.75) is 6.92 Å². The fourth-order valence-corrected chi connectivity index (χ4v) is 2.98. The number of hydrogen-bond donors (Lipinski definition) is 2. The van der Waals surface area contributed by atoms with Crippen molar-refractivity contribution in [3.63, 3.8) is 0 Å². The Kier molecular flexibility index (Phi) is 4.35. The van der Waals surface area contributed by atoms with E-state index in [1.165, 1.54) is 11.3 Å². The van der Waals surface area contributed by atoms with E-state index in [2.05, 4.69) is 62.7 Å². The minimum Gasteiger partial charge on any atom is -0.378 e.